The predicted octanol–water partition coefficient (Wildman–Crippen LogP) is 4.19. The highest BCUT2D eigenvalue weighted by Crippen LogP contribution is 2.30. The summed E-state index contributed by atoms with van der Waals surface area (Å²) >= 11 is 0. The van der Waals surface area contributed by atoms with Gasteiger partial charge in [0.05, 0.1) is 10.9 Å². The first kappa shape index (κ1) is 20.3. The minimum Gasteiger partial charge on any atom is -0.353 e. The number of aryl methyl sites for hydroxylation is 1. The van der Waals surface area contributed by atoms with Crippen molar-refractivity contribution in [1.29, 1.82) is 0 Å². The summed E-state index contributed by atoms with van der Waals surface area (Å²) in [4.78, 5) is 22.9. The fourth-order valence-electron chi connectivity index (χ4n) is 4.31. The maximum atomic E-state index is 13.5. The molecule has 1 aliphatic heterocycles. The van der Waals surface area contributed by atoms with Gasteiger partial charge in [-0.3, -0.25) is 9.36 Å². The topological polar surface area (TPSA) is 53.4 Å². The van der Waals surface area contributed by atoms with E-state index in [-0.39, 0.29) is 5.43 Å². The zero-order valence-corrected chi connectivity index (χ0v) is 18.5. The lowest BCUT2D eigenvalue weighted by molar-refractivity contribution is 0.312. The molecule has 6 heteroatoms. The van der Waals surface area contributed by atoms with Crippen molar-refractivity contribution in [3.63, 3.8) is 0 Å². The molecule has 1 N–H and O–H groups in total. The Bertz CT molecular complexity index is 1290. The molecule has 2 aromatic carbocycles. The largest absolute Gasteiger partial charge is 0.353 e. The molecule has 0 aliphatic carbocycles. The van der Waals surface area contributed by atoms with Crippen molar-refractivity contribution < 1.29 is 0 Å². The molecule has 0 atom stereocenters. The molecular weight excluding hydrogens is 398 g/mol. The molecule has 0 radical (unpaired) electrons. The summed E-state index contributed by atoms with van der Waals surface area (Å²) in [5.41, 5.74) is 3.66. The summed E-state index contributed by atoms with van der Waals surface area (Å²) in [6, 6.07) is 23.8. The molecule has 0 bridgehead atoms. The minimum atomic E-state index is -0.0213. The van der Waals surface area contributed by atoms with Crippen LogP contribution in [0.2, 0.25) is 0 Å². The molecule has 4 aromatic rings. The van der Waals surface area contributed by atoms with Crippen LogP contribution in [-0.4, -0.2) is 47.7 Å². The Morgan fingerprint density at radius 2 is 1.53 bits per heavy atom. The van der Waals surface area contributed by atoms with Gasteiger partial charge in [-0.05, 0) is 44.3 Å². The molecule has 5 rings (SSSR count). The van der Waals surface area contributed by atoms with Crippen LogP contribution in [0.3, 0.4) is 0 Å². The zero-order valence-electron chi connectivity index (χ0n) is 18.5. The predicted molar refractivity (Wildman–Crippen MR) is 132 cm³/mol. The number of nitrogens with zero attached hydrogens (tertiary/aromatic N) is 4. The highest BCUT2D eigenvalue weighted by Gasteiger charge is 2.22. The molecule has 0 spiro atoms. The van der Waals surface area contributed by atoms with Crippen LogP contribution < -0.4 is 15.6 Å². The SMILES string of the molecule is Cc1cc2c(c(N3CCN(C)CC3)n1)c(=O)cc(Nc1ccccc1)n2-c1ccccc1. The number of likely N-dealkylation sites (N-methyl/N-ethyl adjacent to an activating group) is 1. The van der Waals surface area contributed by atoms with E-state index in [9.17, 15) is 4.79 Å². The third-order valence-electron chi connectivity index (χ3n) is 5.97. The van der Waals surface area contributed by atoms with Crippen LogP contribution in [0.15, 0.2) is 77.6 Å². The van der Waals surface area contributed by atoms with Crippen LogP contribution in [0.4, 0.5) is 17.3 Å². The van der Waals surface area contributed by atoms with Crippen LogP contribution in [0.5, 0.6) is 0 Å². The van der Waals surface area contributed by atoms with Crippen LogP contribution in [0.1, 0.15) is 5.69 Å². The minimum absolute atomic E-state index is 0.0213. The number of fused-ring (bicyclic) bond motifs is 1. The molecule has 2 aromatic heterocycles. The number of aromatic nitrogens is 2. The number of pyridine rings is 2. The lowest BCUT2D eigenvalue weighted by Gasteiger charge is -2.34. The van der Waals surface area contributed by atoms with Crippen molar-refractivity contribution in [2.75, 3.05) is 43.4 Å². The molecular formula is C26H27N5O. The number of hydrogen-bond donors (Lipinski definition) is 1. The molecule has 1 fully saturated rings. The summed E-state index contributed by atoms with van der Waals surface area (Å²) in [6.07, 6.45) is 0. The molecule has 1 saturated heterocycles. The number of benzene rings is 2. The first-order valence-corrected chi connectivity index (χ1v) is 11.0. The lowest BCUT2D eigenvalue weighted by atomic mass is 10.1. The first-order valence-electron chi connectivity index (χ1n) is 11.0. The van der Waals surface area contributed by atoms with E-state index in [1.165, 1.54) is 0 Å². The number of para-hydroxylation sites is 2. The fourth-order valence-corrected chi connectivity index (χ4v) is 4.31. The van der Waals surface area contributed by atoms with Gasteiger partial charge in [0.15, 0.2) is 5.43 Å². The van der Waals surface area contributed by atoms with Gasteiger partial charge in [0.2, 0.25) is 0 Å². The molecule has 0 saturated carbocycles. The maximum Gasteiger partial charge on any atom is 0.195 e. The normalized spacial score (nSPS) is 14.6. The van der Waals surface area contributed by atoms with Gasteiger partial charge < -0.3 is 15.1 Å². The van der Waals surface area contributed by atoms with Gasteiger partial charge in [-0.15, -0.1) is 0 Å². The summed E-state index contributed by atoms with van der Waals surface area (Å²) < 4.78 is 2.12. The molecule has 1 aliphatic rings. The molecule has 32 heavy (non-hydrogen) atoms. The molecule has 3 heterocycles. The standard InChI is InChI=1S/C26H27N5O/c1-19-17-22-25(26(27-19)30-15-13-29(2)14-16-30)23(32)18-24(28-20-9-5-3-6-10-20)31(22)21-11-7-4-8-12-21/h3-12,17-18,28H,13-16H2,1-2H3. The van der Waals surface area contributed by atoms with Crippen molar-refractivity contribution >= 4 is 28.2 Å². The second kappa shape index (κ2) is 8.48. The van der Waals surface area contributed by atoms with Crippen molar-refractivity contribution in [1.82, 2.24) is 14.5 Å². The highest BCUT2D eigenvalue weighted by molar-refractivity contribution is 5.93. The summed E-state index contributed by atoms with van der Waals surface area (Å²) in [7, 11) is 2.13. The van der Waals surface area contributed by atoms with Crippen molar-refractivity contribution in [3.8, 4) is 5.69 Å². The van der Waals surface area contributed by atoms with Gasteiger partial charge in [0, 0.05) is 49.3 Å². The molecule has 0 amide bonds. The van der Waals surface area contributed by atoms with E-state index >= 15 is 0 Å². The lowest BCUT2D eigenvalue weighted by Crippen LogP contribution is -2.45. The quantitative estimate of drug-likeness (QED) is 0.531. The van der Waals surface area contributed by atoms with Gasteiger partial charge in [0.1, 0.15) is 11.6 Å². The summed E-state index contributed by atoms with van der Waals surface area (Å²) in [5.74, 6) is 1.52. The van der Waals surface area contributed by atoms with Crippen LogP contribution in [-0.2, 0) is 0 Å². The molecule has 6 nitrogen and oxygen atoms in total. The third kappa shape index (κ3) is 3.85. The summed E-state index contributed by atoms with van der Waals surface area (Å²) in [6.45, 7) is 5.62. The van der Waals surface area contributed by atoms with E-state index in [1.54, 1.807) is 6.07 Å². The Kier molecular flexibility index (Phi) is 5.37. The first-order chi connectivity index (χ1) is 15.6. The van der Waals surface area contributed by atoms with E-state index in [4.69, 9.17) is 4.98 Å². The second-order valence-electron chi connectivity index (χ2n) is 8.33. The smallest absolute Gasteiger partial charge is 0.195 e. The van der Waals surface area contributed by atoms with E-state index < -0.39 is 0 Å². The van der Waals surface area contributed by atoms with Crippen LogP contribution in [0.25, 0.3) is 16.6 Å². The van der Waals surface area contributed by atoms with Gasteiger partial charge in [-0.25, -0.2) is 4.98 Å². The Morgan fingerprint density at radius 3 is 2.22 bits per heavy atom. The number of piperazine rings is 1. The van der Waals surface area contributed by atoms with E-state index in [1.807, 2.05) is 61.5 Å². The average Bonchev–Trinajstić information content (AvgIpc) is 2.80. The van der Waals surface area contributed by atoms with Crippen molar-refractivity contribution in [2.45, 2.75) is 6.92 Å². The number of nitrogens with one attached hydrogen (secondary N) is 1. The van der Waals surface area contributed by atoms with Gasteiger partial charge in [-0.1, -0.05) is 36.4 Å². The highest BCUT2D eigenvalue weighted by atomic mass is 16.1. The monoisotopic (exact) mass is 425 g/mol. The average molecular weight is 426 g/mol. The van der Waals surface area contributed by atoms with E-state index in [0.717, 1.165) is 60.4 Å². The Labute approximate surface area is 187 Å². The Morgan fingerprint density at radius 1 is 0.875 bits per heavy atom. The van der Waals surface area contributed by atoms with Gasteiger partial charge >= 0.3 is 0 Å². The Hall–Kier alpha value is -3.64. The van der Waals surface area contributed by atoms with Gasteiger partial charge in [-0.2, -0.15) is 0 Å². The van der Waals surface area contributed by atoms with E-state index in [2.05, 4.69) is 38.9 Å². The van der Waals surface area contributed by atoms with Crippen molar-refractivity contribution in [3.05, 3.63) is 88.7 Å². The second-order valence-corrected chi connectivity index (χ2v) is 8.33. The number of hydrogen-bond acceptors (Lipinski definition) is 5. The zero-order chi connectivity index (χ0) is 22.1. The fraction of sp³-hybridized carbons (Fsp3) is 0.231. The third-order valence-corrected chi connectivity index (χ3v) is 5.97. The molecule has 0 unspecified atom stereocenters. The van der Waals surface area contributed by atoms with Crippen LogP contribution >= 0.6 is 0 Å². The van der Waals surface area contributed by atoms with Gasteiger partial charge in [0.25, 0.3) is 0 Å². The van der Waals surface area contributed by atoms with Crippen LogP contribution in [0, 0.1) is 6.92 Å². The number of rotatable bonds is 4. The molecule has 162 valence electrons. The Balaban J connectivity index is 1.76. The summed E-state index contributed by atoms with van der Waals surface area (Å²) in [5, 5.41) is 4.12. The van der Waals surface area contributed by atoms with Crippen molar-refractivity contribution in [2.24, 2.45) is 0 Å². The number of anilines is 3. The maximum absolute atomic E-state index is 13.5. The van der Waals surface area contributed by atoms with E-state index in [0.29, 0.717) is 5.39 Å².